The summed E-state index contributed by atoms with van der Waals surface area (Å²) in [6.45, 7) is 6.66. The maximum Gasteiger partial charge on any atom is 0.338 e. The zero-order valence-corrected chi connectivity index (χ0v) is 19.6. The Hall–Kier alpha value is -3.56. The van der Waals surface area contributed by atoms with Crippen LogP contribution in [0.2, 0.25) is 0 Å². The molecule has 3 heterocycles. The Balaban J connectivity index is 1.89. The Labute approximate surface area is 197 Å². The third-order valence-corrected chi connectivity index (χ3v) is 6.65. The van der Waals surface area contributed by atoms with Crippen LogP contribution in [-0.2, 0) is 14.3 Å². The van der Waals surface area contributed by atoms with Gasteiger partial charge in [0, 0.05) is 11.8 Å². The van der Waals surface area contributed by atoms with Crippen LogP contribution in [0.3, 0.4) is 0 Å². The van der Waals surface area contributed by atoms with E-state index in [2.05, 4.69) is 11.6 Å². The van der Waals surface area contributed by atoms with Crippen molar-refractivity contribution in [1.29, 1.82) is 0 Å². The summed E-state index contributed by atoms with van der Waals surface area (Å²) in [6, 6.07) is 9.80. The van der Waals surface area contributed by atoms with Crippen molar-refractivity contribution in [2.24, 2.45) is 4.99 Å². The van der Waals surface area contributed by atoms with Crippen LogP contribution in [0.25, 0.3) is 6.08 Å². The van der Waals surface area contributed by atoms with Crippen molar-refractivity contribution in [3.63, 3.8) is 0 Å². The summed E-state index contributed by atoms with van der Waals surface area (Å²) in [5, 5.41) is 1.94. The van der Waals surface area contributed by atoms with Gasteiger partial charge in [0.2, 0.25) is 0 Å². The van der Waals surface area contributed by atoms with Crippen LogP contribution in [0.5, 0.6) is 5.75 Å². The zero-order valence-electron chi connectivity index (χ0n) is 17.9. The molecule has 0 bridgehead atoms. The predicted molar refractivity (Wildman–Crippen MR) is 127 cm³/mol. The van der Waals surface area contributed by atoms with Gasteiger partial charge in [0.15, 0.2) is 4.80 Å². The predicted octanol–water partition coefficient (Wildman–Crippen LogP) is 2.95. The third-order valence-electron chi connectivity index (χ3n) is 4.85. The number of hydrogen-bond donors (Lipinski definition) is 0. The number of thiophene rings is 1. The van der Waals surface area contributed by atoms with Gasteiger partial charge < -0.3 is 9.47 Å². The van der Waals surface area contributed by atoms with Crippen molar-refractivity contribution < 1.29 is 19.1 Å². The van der Waals surface area contributed by atoms with E-state index in [1.807, 2.05) is 23.6 Å². The molecule has 3 aromatic rings. The van der Waals surface area contributed by atoms with Crippen molar-refractivity contribution in [2.45, 2.75) is 19.9 Å². The summed E-state index contributed by atoms with van der Waals surface area (Å²) in [6.07, 6.45) is 3.30. The summed E-state index contributed by atoms with van der Waals surface area (Å²) in [5.74, 6) is -0.640. The highest BCUT2D eigenvalue weighted by Gasteiger charge is 2.33. The molecule has 1 unspecified atom stereocenters. The first-order chi connectivity index (χ1) is 15.9. The monoisotopic (exact) mass is 480 g/mol. The van der Waals surface area contributed by atoms with Crippen LogP contribution in [0.1, 0.15) is 30.3 Å². The number of ether oxygens (including phenoxy) is 2. The Morgan fingerprint density at radius 1 is 1.24 bits per heavy atom. The molecule has 0 saturated carbocycles. The average molecular weight is 481 g/mol. The molecule has 0 saturated heterocycles. The fraction of sp³-hybridized carbons (Fsp3) is 0.167. The SMILES string of the molecule is C=CCOC(=O)C1=C(C)N=c2s/c(=C/c3cccs3)c(=O)n2C1c1ccc(OC(C)=O)cc1. The van der Waals surface area contributed by atoms with E-state index in [0.29, 0.717) is 26.3 Å². The van der Waals surface area contributed by atoms with E-state index in [4.69, 9.17) is 9.47 Å². The molecular weight excluding hydrogens is 460 g/mol. The van der Waals surface area contributed by atoms with Crippen molar-refractivity contribution >= 4 is 40.7 Å². The standard InChI is InChI=1S/C24H20N2O5S2/c1-4-11-30-23(29)20-14(2)25-24-26(22(28)19(33-24)13-18-6-5-12-32-18)21(20)16-7-9-17(10-8-16)31-15(3)27/h4-10,12-13,21H,1,11H2,2-3H3/b19-13+. The van der Waals surface area contributed by atoms with Gasteiger partial charge in [0.25, 0.3) is 5.56 Å². The number of thiazole rings is 1. The quantitative estimate of drug-likeness (QED) is 0.308. The van der Waals surface area contributed by atoms with E-state index in [1.54, 1.807) is 31.2 Å². The maximum atomic E-state index is 13.5. The second-order valence-electron chi connectivity index (χ2n) is 7.15. The van der Waals surface area contributed by atoms with E-state index in [-0.39, 0.29) is 17.7 Å². The average Bonchev–Trinajstić information content (AvgIpc) is 3.39. The van der Waals surface area contributed by atoms with Crippen molar-refractivity contribution in [3.05, 3.63) is 95.8 Å². The first-order valence-electron chi connectivity index (χ1n) is 10.0. The molecule has 0 fully saturated rings. The smallest absolute Gasteiger partial charge is 0.338 e. The lowest BCUT2D eigenvalue weighted by Gasteiger charge is -2.24. The zero-order chi connectivity index (χ0) is 23.5. The highest BCUT2D eigenvalue weighted by molar-refractivity contribution is 7.11. The lowest BCUT2D eigenvalue weighted by atomic mass is 9.96. The Bertz CT molecular complexity index is 1430. The number of fused-ring (bicyclic) bond motifs is 1. The van der Waals surface area contributed by atoms with Gasteiger partial charge in [-0.1, -0.05) is 42.2 Å². The molecule has 4 rings (SSSR count). The molecule has 0 spiro atoms. The van der Waals surface area contributed by atoms with Gasteiger partial charge in [-0.2, -0.15) is 0 Å². The van der Waals surface area contributed by atoms with Gasteiger partial charge in [-0.25, -0.2) is 9.79 Å². The number of benzene rings is 1. The third kappa shape index (κ3) is 4.64. The number of hydrogen-bond acceptors (Lipinski definition) is 8. The number of aromatic nitrogens is 1. The van der Waals surface area contributed by atoms with E-state index in [9.17, 15) is 14.4 Å². The molecule has 0 aliphatic carbocycles. The minimum atomic E-state index is -0.740. The minimum Gasteiger partial charge on any atom is -0.458 e. The highest BCUT2D eigenvalue weighted by Crippen LogP contribution is 2.31. The number of carbonyl (C=O) groups is 2. The molecule has 1 aliphatic heterocycles. The lowest BCUT2D eigenvalue weighted by molar-refractivity contribution is -0.138. The summed E-state index contributed by atoms with van der Waals surface area (Å²) < 4.78 is 12.5. The lowest BCUT2D eigenvalue weighted by Crippen LogP contribution is -2.39. The van der Waals surface area contributed by atoms with Gasteiger partial charge in [-0.15, -0.1) is 11.3 Å². The van der Waals surface area contributed by atoms with Crippen LogP contribution >= 0.6 is 22.7 Å². The summed E-state index contributed by atoms with van der Waals surface area (Å²) in [5.41, 5.74) is 1.16. The molecule has 2 aromatic heterocycles. The van der Waals surface area contributed by atoms with Gasteiger partial charge in [0.05, 0.1) is 21.8 Å². The minimum absolute atomic E-state index is 0.0382. The van der Waals surface area contributed by atoms with E-state index < -0.39 is 18.0 Å². The van der Waals surface area contributed by atoms with Crippen LogP contribution in [0.4, 0.5) is 0 Å². The highest BCUT2D eigenvalue weighted by atomic mass is 32.1. The van der Waals surface area contributed by atoms with Crippen molar-refractivity contribution in [3.8, 4) is 5.75 Å². The number of rotatable bonds is 6. The van der Waals surface area contributed by atoms with Gasteiger partial charge in [0.1, 0.15) is 12.4 Å². The number of carbonyl (C=O) groups excluding carboxylic acids is 2. The van der Waals surface area contributed by atoms with Crippen LogP contribution in [0.15, 0.2) is 75.5 Å². The first-order valence-corrected chi connectivity index (χ1v) is 11.7. The van der Waals surface area contributed by atoms with Gasteiger partial charge >= 0.3 is 11.9 Å². The van der Waals surface area contributed by atoms with Gasteiger partial charge in [-0.05, 0) is 42.1 Å². The van der Waals surface area contributed by atoms with E-state index in [0.717, 1.165) is 4.88 Å². The Morgan fingerprint density at radius 3 is 2.64 bits per heavy atom. The molecule has 1 aromatic carbocycles. The second-order valence-corrected chi connectivity index (χ2v) is 9.14. The first kappa shape index (κ1) is 22.6. The van der Waals surface area contributed by atoms with Crippen LogP contribution in [0, 0.1) is 0 Å². The molecule has 7 nitrogen and oxygen atoms in total. The normalized spacial score (nSPS) is 15.6. The summed E-state index contributed by atoms with van der Waals surface area (Å²) in [7, 11) is 0. The molecular formula is C24H20N2O5S2. The van der Waals surface area contributed by atoms with E-state index >= 15 is 0 Å². The topological polar surface area (TPSA) is 87.0 Å². The molecule has 0 N–H and O–H groups in total. The summed E-state index contributed by atoms with van der Waals surface area (Å²) >= 11 is 2.80. The summed E-state index contributed by atoms with van der Waals surface area (Å²) in [4.78, 5) is 43.7. The van der Waals surface area contributed by atoms with Gasteiger partial charge in [-0.3, -0.25) is 14.2 Å². The fourth-order valence-corrected chi connectivity index (χ4v) is 5.27. The maximum absolute atomic E-state index is 13.5. The number of allylic oxidation sites excluding steroid dienone is 1. The number of esters is 2. The van der Waals surface area contributed by atoms with Crippen LogP contribution < -0.4 is 19.6 Å². The molecule has 33 heavy (non-hydrogen) atoms. The molecule has 1 atom stereocenters. The van der Waals surface area contributed by atoms with Crippen LogP contribution in [-0.4, -0.2) is 23.1 Å². The Kier molecular flexibility index (Phi) is 6.52. The van der Waals surface area contributed by atoms with E-state index in [1.165, 1.54) is 40.2 Å². The van der Waals surface area contributed by atoms with Crippen molar-refractivity contribution in [1.82, 2.24) is 4.57 Å². The molecule has 0 amide bonds. The van der Waals surface area contributed by atoms with Crippen molar-refractivity contribution in [2.75, 3.05) is 6.61 Å². The largest absolute Gasteiger partial charge is 0.458 e. The molecule has 168 valence electrons. The fourth-order valence-electron chi connectivity index (χ4n) is 3.50. The molecule has 0 radical (unpaired) electrons. The second kappa shape index (κ2) is 9.51. The molecule has 9 heteroatoms. The Morgan fingerprint density at radius 2 is 2.00 bits per heavy atom. The molecule has 1 aliphatic rings. The number of nitrogens with zero attached hydrogens (tertiary/aromatic N) is 2.